The molecule has 114 valence electrons. The molecule has 0 radical (unpaired) electrons. The molecular weight excluding hydrogens is 296 g/mol. The van der Waals surface area contributed by atoms with Gasteiger partial charge in [-0.25, -0.2) is 4.98 Å². The van der Waals surface area contributed by atoms with Gasteiger partial charge in [0.1, 0.15) is 11.2 Å². The van der Waals surface area contributed by atoms with Crippen molar-refractivity contribution in [2.24, 2.45) is 0 Å². The highest BCUT2D eigenvalue weighted by molar-refractivity contribution is 7.15. The average Bonchev–Trinajstić information content (AvgIpc) is 3.14. The lowest BCUT2D eigenvalue weighted by Gasteiger charge is -2.28. The molecule has 2 rings (SSSR count). The minimum absolute atomic E-state index is 0.172. The Morgan fingerprint density at radius 3 is 2.57 bits per heavy atom. The summed E-state index contributed by atoms with van der Waals surface area (Å²) in [6.07, 6.45) is 1.51. The number of aromatic nitrogens is 1. The van der Waals surface area contributed by atoms with E-state index in [9.17, 15) is 20.1 Å². The van der Waals surface area contributed by atoms with E-state index in [1.165, 1.54) is 17.6 Å². The predicted octanol–water partition coefficient (Wildman–Crippen LogP) is 0.157. The van der Waals surface area contributed by atoms with Crippen molar-refractivity contribution in [2.75, 3.05) is 19.8 Å². The maximum absolute atomic E-state index is 12.2. The molecule has 2 aromatic rings. The van der Waals surface area contributed by atoms with Crippen LogP contribution in [0.2, 0.25) is 0 Å². The van der Waals surface area contributed by atoms with Crippen LogP contribution in [-0.4, -0.2) is 51.6 Å². The summed E-state index contributed by atoms with van der Waals surface area (Å²) in [4.78, 5) is 17.1. The van der Waals surface area contributed by atoms with Gasteiger partial charge >= 0.3 is 0 Å². The molecule has 7 nitrogen and oxygen atoms in total. The van der Waals surface area contributed by atoms with Gasteiger partial charge in [-0.1, -0.05) is 0 Å². The van der Waals surface area contributed by atoms with E-state index in [1.54, 1.807) is 19.1 Å². The zero-order chi connectivity index (χ0) is 15.5. The van der Waals surface area contributed by atoms with E-state index in [-0.39, 0.29) is 5.69 Å². The van der Waals surface area contributed by atoms with E-state index in [1.807, 2.05) is 0 Å². The number of furan rings is 1. The molecular formula is C13H16N2O5S. The normalized spacial score (nSPS) is 11.6. The highest BCUT2D eigenvalue weighted by atomic mass is 32.1. The van der Waals surface area contributed by atoms with E-state index in [2.05, 4.69) is 10.3 Å². The monoisotopic (exact) mass is 312 g/mol. The van der Waals surface area contributed by atoms with Crippen molar-refractivity contribution < 1.29 is 24.5 Å². The lowest BCUT2D eigenvalue weighted by molar-refractivity contribution is 0.0373. The number of nitrogens with one attached hydrogen (secondary N) is 1. The lowest BCUT2D eigenvalue weighted by Crippen LogP contribution is -2.57. The fourth-order valence-electron chi connectivity index (χ4n) is 1.68. The molecule has 2 heterocycles. The molecule has 0 fully saturated rings. The lowest BCUT2D eigenvalue weighted by atomic mass is 10.0. The Balaban J connectivity index is 2.24. The standard InChI is InChI=1S/C13H16N2O5S/c1-8-10(11(19)15-13(5-16,6-17)7-18)14-12(21-8)9-3-2-4-20-9/h2-4,16-18H,5-7H2,1H3,(H,15,19). The second-order valence-electron chi connectivity index (χ2n) is 4.61. The Hall–Kier alpha value is -1.74. The molecule has 0 saturated heterocycles. The van der Waals surface area contributed by atoms with E-state index in [0.29, 0.717) is 15.6 Å². The highest BCUT2D eigenvalue weighted by Crippen LogP contribution is 2.28. The molecule has 21 heavy (non-hydrogen) atoms. The number of aliphatic hydroxyl groups excluding tert-OH is 3. The minimum Gasteiger partial charge on any atom is -0.462 e. The van der Waals surface area contributed by atoms with Crippen molar-refractivity contribution in [3.05, 3.63) is 29.0 Å². The number of carbonyl (C=O) groups excluding carboxylic acids is 1. The zero-order valence-corrected chi connectivity index (χ0v) is 12.2. The third kappa shape index (κ3) is 3.13. The maximum Gasteiger partial charge on any atom is 0.271 e. The summed E-state index contributed by atoms with van der Waals surface area (Å²) in [5.41, 5.74) is -1.30. The Kier molecular flexibility index (Phi) is 4.73. The molecule has 2 aromatic heterocycles. The third-order valence-corrected chi connectivity index (χ3v) is 4.02. The maximum atomic E-state index is 12.2. The summed E-state index contributed by atoms with van der Waals surface area (Å²) in [5.74, 6) is -0.0152. The van der Waals surface area contributed by atoms with Gasteiger partial charge in [0.05, 0.1) is 26.1 Å². The first-order valence-corrected chi connectivity index (χ1v) is 7.03. The number of hydrogen-bond donors (Lipinski definition) is 4. The smallest absolute Gasteiger partial charge is 0.271 e. The first-order chi connectivity index (χ1) is 10.0. The predicted molar refractivity (Wildman–Crippen MR) is 76.0 cm³/mol. The first-order valence-electron chi connectivity index (χ1n) is 6.21. The van der Waals surface area contributed by atoms with Gasteiger partial charge in [-0.2, -0.15) is 0 Å². The number of aryl methyl sites for hydroxylation is 1. The summed E-state index contributed by atoms with van der Waals surface area (Å²) in [5, 5.41) is 30.7. The number of nitrogens with zero attached hydrogens (tertiary/aromatic N) is 1. The van der Waals surface area contributed by atoms with Crippen molar-refractivity contribution in [1.82, 2.24) is 10.3 Å². The Morgan fingerprint density at radius 2 is 2.05 bits per heavy atom. The molecule has 0 saturated carbocycles. The number of amides is 1. The van der Waals surface area contributed by atoms with Crippen LogP contribution in [0, 0.1) is 6.92 Å². The molecule has 0 aliphatic carbocycles. The van der Waals surface area contributed by atoms with E-state index >= 15 is 0 Å². The molecule has 0 bridgehead atoms. The van der Waals surface area contributed by atoms with Crippen LogP contribution in [0.4, 0.5) is 0 Å². The molecule has 0 aromatic carbocycles. The summed E-state index contributed by atoms with van der Waals surface area (Å²) in [7, 11) is 0. The second kappa shape index (κ2) is 6.35. The first kappa shape index (κ1) is 15.6. The van der Waals surface area contributed by atoms with E-state index in [4.69, 9.17) is 4.42 Å². The van der Waals surface area contributed by atoms with E-state index < -0.39 is 31.3 Å². The number of hydrogen-bond acceptors (Lipinski definition) is 7. The quantitative estimate of drug-likeness (QED) is 0.604. The van der Waals surface area contributed by atoms with Gasteiger partial charge in [0.2, 0.25) is 0 Å². The van der Waals surface area contributed by atoms with Crippen LogP contribution in [-0.2, 0) is 0 Å². The number of carbonyl (C=O) groups is 1. The van der Waals surface area contributed by atoms with Gasteiger partial charge in [-0.3, -0.25) is 4.79 Å². The summed E-state index contributed by atoms with van der Waals surface area (Å²) in [6, 6.07) is 3.46. The summed E-state index contributed by atoms with van der Waals surface area (Å²) < 4.78 is 5.23. The Bertz CT molecular complexity index is 596. The molecule has 0 aliphatic rings. The van der Waals surface area contributed by atoms with Crippen LogP contribution in [0.15, 0.2) is 22.8 Å². The molecule has 0 aliphatic heterocycles. The van der Waals surface area contributed by atoms with Crippen LogP contribution in [0.25, 0.3) is 10.8 Å². The van der Waals surface area contributed by atoms with Crippen molar-refractivity contribution in [3.63, 3.8) is 0 Å². The minimum atomic E-state index is -1.47. The fourth-order valence-corrected chi connectivity index (χ4v) is 2.56. The third-order valence-electron chi connectivity index (χ3n) is 3.03. The van der Waals surface area contributed by atoms with Gasteiger partial charge in [0.15, 0.2) is 10.8 Å². The van der Waals surface area contributed by atoms with E-state index in [0.717, 1.165) is 0 Å². The molecule has 0 atom stereocenters. The number of rotatable bonds is 6. The fraction of sp³-hybridized carbons (Fsp3) is 0.385. The number of aliphatic hydroxyl groups is 3. The zero-order valence-electron chi connectivity index (χ0n) is 11.4. The molecule has 0 unspecified atom stereocenters. The summed E-state index contributed by atoms with van der Waals surface area (Å²) >= 11 is 1.30. The van der Waals surface area contributed by atoms with Crippen LogP contribution >= 0.6 is 11.3 Å². The Morgan fingerprint density at radius 1 is 1.38 bits per heavy atom. The van der Waals surface area contributed by atoms with Gasteiger partial charge in [-0.15, -0.1) is 11.3 Å². The van der Waals surface area contributed by atoms with Crippen LogP contribution < -0.4 is 5.32 Å². The highest BCUT2D eigenvalue weighted by Gasteiger charge is 2.31. The molecule has 8 heteroatoms. The molecule has 4 N–H and O–H groups in total. The SMILES string of the molecule is Cc1sc(-c2ccco2)nc1C(=O)NC(CO)(CO)CO. The van der Waals surface area contributed by atoms with Crippen molar-refractivity contribution in [1.29, 1.82) is 0 Å². The van der Waals surface area contributed by atoms with Crippen LogP contribution in [0.5, 0.6) is 0 Å². The van der Waals surface area contributed by atoms with Gasteiger partial charge in [0.25, 0.3) is 5.91 Å². The average molecular weight is 312 g/mol. The second-order valence-corrected chi connectivity index (χ2v) is 5.81. The van der Waals surface area contributed by atoms with Gasteiger partial charge in [0, 0.05) is 4.88 Å². The molecule has 1 amide bonds. The van der Waals surface area contributed by atoms with Crippen molar-refractivity contribution >= 4 is 17.2 Å². The summed E-state index contributed by atoms with van der Waals surface area (Å²) in [6.45, 7) is -0.0164. The van der Waals surface area contributed by atoms with Gasteiger partial charge in [-0.05, 0) is 19.1 Å². The van der Waals surface area contributed by atoms with Crippen LogP contribution in [0.3, 0.4) is 0 Å². The number of thiazole rings is 1. The molecule has 0 spiro atoms. The van der Waals surface area contributed by atoms with Crippen molar-refractivity contribution in [3.8, 4) is 10.8 Å². The van der Waals surface area contributed by atoms with Gasteiger partial charge < -0.3 is 25.1 Å². The topological polar surface area (TPSA) is 116 Å². The largest absolute Gasteiger partial charge is 0.462 e. The van der Waals surface area contributed by atoms with Crippen LogP contribution in [0.1, 0.15) is 15.4 Å². The van der Waals surface area contributed by atoms with Crippen molar-refractivity contribution in [2.45, 2.75) is 12.5 Å². The Labute approximate surface area is 124 Å².